The van der Waals surface area contributed by atoms with E-state index in [1.807, 2.05) is 0 Å². The first kappa shape index (κ1) is 11.0. The van der Waals surface area contributed by atoms with Crippen LogP contribution in [0, 0.1) is 5.41 Å². The molecule has 0 bridgehead atoms. The van der Waals surface area contributed by atoms with Gasteiger partial charge in [-0.1, -0.05) is 12.7 Å². The molecule has 5 nitrogen and oxygen atoms in total. The third-order valence-electron chi connectivity index (χ3n) is 3.36. The van der Waals surface area contributed by atoms with Crippen molar-refractivity contribution in [1.29, 1.82) is 0 Å². The average molecular weight is 222 g/mol. The van der Waals surface area contributed by atoms with E-state index in [1.165, 1.54) is 6.08 Å². The second-order valence-electron chi connectivity index (χ2n) is 4.20. The molecular formula is C11H14N2O3. The number of aliphatic imine (C=N–C) groups is 1. The lowest BCUT2D eigenvalue weighted by Gasteiger charge is -2.21. The van der Waals surface area contributed by atoms with E-state index in [0.29, 0.717) is 11.4 Å². The van der Waals surface area contributed by atoms with Gasteiger partial charge in [0.2, 0.25) is 5.91 Å². The van der Waals surface area contributed by atoms with Gasteiger partial charge in [0.1, 0.15) is 5.82 Å². The van der Waals surface area contributed by atoms with Crippen LogP contribution in [0.4, 0.5) is 0 Å². The number of carbonyl (C=O) groups is 1. The van der Waals surface area contributed by atoms with E-state index in [1.54, 1.807) is 0 Å². The smallest absolute Gasteiger partial charge is 0.236 e. The van der Waals surface area contributed by atoms with E-state index >= 15 is 0 Å². The highest BCUT2D eigenvalue weighted by Crippen LogP contribution is 2.49. The Morgan fingerprint density at radius 2 is 2.00 bits per heavy atom. The fraction of sp³-hybridized carbons (Fsp3) is 0.455. The summed E-state index contributed by atoms with van der Waals surface area (Å²) >= 11 is 0. The summed E-state index contributed by atoms with van der Waals surface area (Å²) in [6.45, 7) is 7.02. The van der Waals surface area contributed by atoms with Crippen LogP contribution in [-0.2, 0) is 4.79 Å². The van der Waals surface area contributed by atoms with Crippen molar-refractivity contribution in [3.8, 4) is 0 Å². The number of rotatable bonds is 2. The van der Waals surface area contributed by atoms with Crippen LogP contribution in [0.1, 0.15) is 12.8 Å². The molecule has 3 N–H and O–H groups in total. The molecule has 2 aliphatic rings. The molecule has 1 heterocycles. The largest absolute Gasteiger partial charge is 0.390 e. The SMILES string of the molecule is C=CC1=C(N=C)NC(=O)C12CC(O)C(O)C2. The highest BCUT2D eigenvalue weighted by atomic mass is 16.3. The number of amides is 1. The quantitative estimate of drug-likeness (QED) is 0.562. The first-order chi connectivity index (χ1) is 7.55. The molecule has 16 heavy (non-hydrogen) atoms. The van der Waals surface area contributed by atoms with E-state index in [9.17, 15) is 15.0 Å². The summed E-state index contributed by atoms with van der Waals surface area (Å²) in [5, 5.41) is 21.8. The molecule has 2 atom stereocenters. The third-order valence-corrected chi connectivity index (χ3v) is 3.36. The molecule has 1 fully saturated rings. The molecule has 1 aliphatic heterocycles. The third kappa shape index (κ3) is 1.25. The predicted molar refractivity (Wildman–Crippen MR) is 58.6 cm³/mol. The Balaban J connectivity index is 2.47. The lowest BCUT2D eigenvalue weighted by atomic mass is 9.79. The van der Waals surface area contributed by atoms with Crippen LogP contribution in [0.15, 0.2) is 29.0 Å². The summed E-state index contributed by atoms with van der Waals surface area (Å²) in [5.74, 6) is 0.127. The second-order valence-corrected chi connectivity index (χ2v) is 4.20. The number of nitrogens with one attached hydrogen (secondary N) is 1. The molecule has 0 saturated heterocycles. The number of allylic oxidation sites excluding steroid dienone is 1. The maximum Gasteiger partial charge on any atom is 0.236 e. The van der Waals surface area contributed by atoms with Crippen molar-refractivity contribution in [2.45, 2.75) is 25.0 Å². The van der Waals surface area contributed by atoms with E-state index in [0.717, 1.165) is 0 Å². The topological polar surface area (TPSA) is 81.9 Å². The zero-order valence-electron chi connectivity index (χ0n) is 8.81. The van der Waals surface area contributed by atoms with Crippen molar-refractivity contribution < 1.29 is 15.0 Å². The van der Waals surface area contributed by atoms with Crippen LogP contribution in [0.2, 0.25) is 0 Å². The minimum Gasteiger partial charge on any atom is -0.390 e. The van der Waals surface area contributed by atoms with Crippen LogP contribution in [0.5, 0.6) is 0 Å². The molecule has 0 radical (unpaired) electrons. The summed E-state index contributed by atoms with van der Waals surface area (Å²) in [4.78, 5) is 15.6. The van der Waals surface area contributed by atoms with Crippen LogP contribution < -0.4 is 5.32 Å². The molecule has 5 heteroatoms. The Bertz CT molecular complexity index is 390. The van der Waals surface area contributed by atoms with Gasteiger partial charge < -0.3 is 15.5 Å². The van der Waals surface area contributed by atoms with Gasteiger partial charge in [0, 0.05) is 5.57 Å². The molecule has 0 aromatic heterocycles. The van der Waals surface area contributed by atoms with Crippen molar-refractivity contribution in [2.24, 2.45) is 10.4 Å². The van der Waals surface area contributed by atoms with Gasteiger partial charge >= 0.3 is 0 Å². The van der Waals surface area contributed by atoms with Gasteiger partial charge in [-0.3, -0.25) is 4.79 Å². The number of carbonyl (C=O) groups excluding carboxylic acids is 1. The molecule has 2 rings (SSSR count). The van der Waals surface area contributed by atoms with E-state index in [2.05, 4.69) is 23.6 Å². The molecule has 1 saturated carbocycles. The van der Waals surface area contributed by atoms with Gasteiger partial charge in [-0.15, -0.1) is 0 Å². The van der Waals surface area contributed by atoms with Gasteiger partial charge in [-0.05, 0) is 19.6 Å². The molecule has 0 aromatic rings. The summed E-state index contributed by atoms with van der Waals surface area (Å²) in [7, 11) is 0. The van der Waals surface area contributed by atoms with Crippen molar-refractivity contribution in [3.63, 3.8) is 0 Å². The summed E-state index contributed by atoms with van der Waals surface area (Å²) < 4.78 is 0. The van der Waals surface area contributed by atoms with Crippen molar-refractivity contribution in [2.75, 3.05) is 0 Å². The molecule has 1 spiro atoms. The number of aliphatic hydroxyl groups excluding tert-OH is 2. The normalized spacial score (nSPS) is 38.0. The number of nitrogens with zero attached hydrogens (tertiary/aromatic N) is 1. The Morgan fingerprint density at radius 3 is 2.44 bits per heavy atom. The highest BCUT2D eigenvalue weighted by Gasteiger charge is 2.55. The molecule has 2 unspecified atom stereocenters. The summed E-state index contributed by atoms with van der Waals surface area (Å²) in [5.41, 5.74) is -0.278. The highest BCUT2D eigenvalue weighted by molar-refractivity contribution is 5.92. The average Bonchev–Trinajstić information content (AvgIpc) is 2.68. The zero-order chi connectivity index (χ0) is 11.9. The van der Waals surface area contributed by atoms with Gasteiger partial charge in [0.05, 0.1) is 17.6 Å². The maximum absolute atomic E-state index is 11.9. The minimum atomic E-state index is -0.892. The number of hydrogen-bond donors (Lipinski definition) is 3. The molecule has 86 valence electrons. The fourth-order valence-corrected chi connectivity index (χ4v) is 2.53. The van der Waals surface area contributed by atoms with Gasteiger partial charge in [0.15, 0.2) is 0 Å². The Kier molecular flexibility index (Phi) is 2.44. The first-order valence-electron chi connectivity index (χ1n) is 5.06. The molecular weight excluding hydrogens is 208 g/mol. The first-order valence-corrected chi connectivity index (χ1v) is 5.06. The molecule has 1 aliphatic carbocycles. The van der Waals surface area contributed by atoms with E-state index < -0.39 is 17.6 Å². The van der Waals surface area contributed by atoms with Crippen molar-refractivity contribution >= 4 is 12.6 Å². The fourth-order valence-electron chi connectivity index (χ4n) is 2.53. The van der Waals surface area contributed by atoms with Gasteiger partial charge in [-0.25, -0.2) is 4.99 Å². The predicted octanol–water partition coefficient (Wildman–Crippen LogP) is -0.284. The van der Waals surface area contributed by atoms with Crippen LogP contribution >= 0.6 is 0 Å². The summed E-state index contributed by atoms with van der Waals surface area (Å²) in [6.07, 6.45) is 0.155. The standard InChI is InChI=1S/C11H14N2O3/c1-3-6-9(12-2)13-10(16)11(6)4-7(14)8(15)5-11/h3,7-8,14-15H,1-2,4-5H2,(H,13,16). The monoisotopic (exact) mass is 222 g/mol. The van der Waals surface area contributed by atoms with Crippen LogP contribution in [-0.4, -0.2) is 35.0 Å². The van der Waals surface area contributed by atoms with E-state index in [-0.39, 0.29) is 18.7 Å². The number of aliphatic hydroxyl groups is 2. The van der Waals surface area contributed by atoms with E-state index in [4.69, 9.17) is 0 Å². The minimum absolute atomic E-state index is 0.195. The Morgan fingerprint density at radius 1 is 1.44 bits per heavy atom. The van der Waals surface area contributed by atoms with Crippen molar-refractivity contribution in [3.05, 3.63) is 24.0 Å². The second kappa shape index (κ2) is 3.54. The lowest BCUT2D eigenvalue weighted by molar-refractivity contribution is -0.127. The molecule has 0 aromatic carbocycles. The van der Waals surface area contributed by atoms with Crippen LogP contribution in [0.3, 0.4) is 0 Å². The molecule has 1 amide bonds. The zero-order valence-corrected chi connectivity index (χ0v) is 8.81. The Hall–Kier alpha value is -1.46. The Labute approximate surface area is 93.2 Å². The number of hydrogen-bond acceptors (Lipinski definition) is 4. The van der Waals surface area contributed by atoms with Gasteiger partial charge in [0.25, 0.3) is 0 Å². The van der Waals surface area contributed by atoms with Gasteiger partial charge in [-0.2, -0.15) is 0 Å². The van der Waals surface area contributed by atoms with Crippen molar-refractivity contribution in [1.82, 2.24) is 5.32 Å². The van der Waals surface area contributed by atoms with Crippen LogP contribution in [0.25, 0.3) is 0 Å². The summed E-state index contributed by atoms with van der Waals surface area (Å²) in [6, 6.07) is 0. The maximum atomic E-state index is 11.9. The lowest BCUT2D eigenvalue weighted by Crippen LogP contribution is -2.32.